The van der Waals surface area contributed by atoms with Gasteiger partial charge in [0.25, 0.3) is 0 Å². The van der Waals surface area contributed by atoms with Crippen LogP contribution in [0, 0.1) is 30.2 Å². The van der Waals surface area contributed by atoms with Crippen molar-refractivity contribution in [3.05, 3.63) is 41.8 Å². The third kappa shape index (κ3) is 1.82. The molecule has 0 amide bonds. The van der Waals surface area contributed by atoms with Gasteiger partial charge in [-0.2, -0.15) is 0 Å². The first-order valence-corrected chi connectivity index (χ1v) is 3.69. The molecule has 0 saturated heterocycles. The van der Waals surface area contributed by atoms with Gasteiger partial charge in [-0.05, 0) is 24.5 Å². The fourth-order valence-corrected chi connectivity index (χ4v) is 0.994. The highest BCUT2D eigenvalue weighted by Crippen LogP contribution is 2.19. The lowest BCUT2D eigenvalue weighted by atomic mass is 10.1. The zero-order valence-corrected chi connectivity index (χ0v) is 6.71. The molecule has 0 atom stereocenters. The molecule has 1 radical (unpaired) electrons. The molecule has 0 aliphatic heterocycles. The van der Waals surface area contributed by atoms with Crippen molar-refractivity contribution in [3.63, 3.8) is 0 Å². The van der Waals surface area contributed by atoms with E-state index in [-0.39, 0.29) is 12.0 Å². The zero-order valence-electron chi connectivity index (χ0n) is 6.71. The Morgan fingerprint density at radius 2 is 1.62 bits per heavy atom. The molecule has 1 aromatic rings. The topological polar surface area (TPSA) is 0 Å². The number of aryl methyl sites for hydroxylation is 1. The lowest BCUT2D eigenvalue weighted by Crippen LogP contribution is -2.01. The summed E-state index contributed by atoms with van der Waals surface area (Å²) in [5, 5.41) is 0. The summed E-state index contributed by atoms with van der Waals surface area (Å²) in [6.07, 6.45) is 0.376. The molecule has 0 unspecified atom stereocenters. The van der Waals surface area contributed by atoms with Crippen LogP contribution in [0.25, 0.3) is 0 Å². The highest BCUT2D eigenvalue weighted by molar-refractivity contribution is 5.21. The van der Waals surface area contributed by atoms with E-state index >= 15 is 0 Å². The molecule has 0 N–H and O–H groups in total. The molecular weight excluding hydrogens is 184 g/mol. The average molecular weight is 191 g/mol. The van der Waals surface area contributed by atoms with Gasteiger partial charge in [0.1, 0.15) is 0 Å². The summed E-state index contributed by atoms with van der Waals surface area (Å²) in [5.41, 5.74) is -0.189. The average Bonchev–Trinajstić information content (AvgIpc) is 2.11. The van der Waals surface area contributed by atoms with E-state index < -0.39 is 23.3 Å². The van der Waals surface area contributed by atoms with Gasteiger partial charge >= 0.3 is 0 Å². The van der Waals surface area contributed by atoms with Crippen LogP contribution in [0.2, 0.25) is 0 Å². The molecule has 0 aliphatic rings. The van der Waals surface area contributed by atoms with E-state index in [0.29, 0.717) is 12.5 Å². The zero-order chi connectivity index (χ0) is 10.0. The molecule has 0 spiro atoms. The Kier molecular flexibility index (Phi) is 2.90. The quantitative estimate of drug-likeness (QED) is 0.383. The summed E-state index contributed by atoms with van der Waals surface area (Å²) < 4.78 is 50.3. The van der Waals surface area contributed by atoms with Crippen LogP contribution in [0.1, 0.15) is 12.0 Å². The Bertz CT molecular complexity index is 320. The maximum absolute atomic E-state index is 12.8. The first-order chi connectivity index (χ1) is 6.07. The second-order valence-electron chi connectivity index (χ2n) is 2.56. The van der Waals surface area contributed by atoms with Crippen molar-refractivity contribution in [2.45, 2.75) is 12.8 Å². The van der Waals surface area contributed by atoms with E-state index in [2.05, 4.69) is 6.92 Å². The van der Waals surface area contributed by atoms with E-state index in [1.165, 1.54) is 0 Å². The van der Waals surface area contributed by atoms with Gasteiger partial charge in [0.15, 0.2) is 23.3 Å². The molecule has 71 valence electrons. The highest BCUT2D eigenvalue weighted by atomic mass is 19.2. The van der Waals surface area contributed by atoms with E-state index in [9.17, 15) is 17.6 Å². The molecule has 0 aliphatic carbocycles. The number of rotatable bonds is 2. The Hall–Kier alpha value is -1.06. The Morgan fingerprint density at radius 1 is 1.00 bits per heavy atom. The molecule has 0 saturated carbocycles. The summed E-state index contributed by atoms with van der Waals surface area (Å²) in [5.74, 6) is -6.24. The largest absolute Gasteiger partial charge is 0.204 e. The van der Waals surface area contributed by atoms with Gasteiger partial charge in [-0.1, -0.05) is 6.92 Å². The lowest BCUT2D eigenvalue weighted by molar-refractivity contribution is 0.404. The SMILES string of the molecule is [CH2]CCc1cc(F)c(F)c(F)c1F. The molecule has 0 bridgehead atoms. The van der Waals surface area contributed by atoms with Crippen molar-refractivity contribution in [2.75, 3.05) is 0 Å². The minimum atomic E-state index is -1.77. The van der Waals surface area contributed by atoms with E-state index in [1.54, 1.807) is 0 Å². The van der Waals surface area contributed by atoms with Crippen LogP contribution >= 0.6 is 0 Å². The van der Waals surface area contributed by atoms with Crippen molar-refractivity contribution in [2.24, 2.45) is 0 Å². The first kappa shape index (κ1) is 10.0. The van der Waals surface area contributed by atoms with Crippen LogP contribution in [0.5, 0.6) is 0 Å². The number of benzene rings is 1. The Morgan fingerprint density at radius 3 is 2.15 bits per heavy atom. The van der Waals surface area contributed by atoms with Gasteiger partial charge in [0.05, 0.1) is 0 Å². The summed E-state index contributed by atoms with van der Waals surface area (Å²) in [6.45, 7) is 3.40. The van der Waals surface area contributed by atoms with Crippen molar-refractivity contribution in [3.8, 4) is 0 Å². The van der Waals surface area contributed by atoms with Crippen LogP contribution in [-0.2, 0) is 6.42 Å². The second-order valence-corrected chi connectivity index (χ2v) is 2.56. The van der Waals surface area contributed by atoms with Crippen LogP contribution in [-0.4, -0.2) is 0 Å². The van der Waals surface area contributed by atoms with Crippen molar-refractivity contribution in [1.29, 1.82) is 0 Å². The monoisotopic (exact) mass is 191 g/mol. The summed E-state index contributed by atoms with van der Waals surface area (Å²) >= 11 is 0. The summed E-state index contributed by atoms with van der Waals surface area (Å²) in [4.78, 5) is 0. The molecule has 0 aromatic heterocycles. The van der Waals surface area contributed by atoms with Gasteiger partial charge in [0.2, 0.25) is 0 Å². The molecule has 4 heteroatoms. The van der Waals surface area contributed by atoms with Crippen molar-refractivity contribution in [1.82, 2.24) is 0 Å². The molecule has 1 rings (SSSR count). The number of hydrogen-bond donors (Lipinski definition) is 0. The standard InChI is InChI=1S/C9H7F4/c1-2-3-5-4-6(10)8(12)9(13)7(5)11/h4H,1-3H2. The third-order valence-electron chi connectivity index (χ3n) is 1.62. The van der Waals surface area contributed by atoms with Gasteiger partial charge in [-0.15, -0.1) is 0 Å². The van der Waals surface area contributed by atoms with Crippen molar-refractivity contribution >= 4 is 0 Å². The molecule has 0 heterocycles. The molecule has 1 aromatic carbocycles. The van der Waals surface area contributed by atoms with Gasteiger partial charge < -0.3 is 0 Å². The smallest absolute Gasteiger partial charge is 0.197 e. The van der Waals surface area contributed by atoms with Crippen LogP contribution < -0.4 is 0 Å². The van der Waals surface area contributed by atoms with Gasteiger partial charge in [-0.25, -0.2) is 17.6 Å². The fraction of sp³-hybridized carbons (Fsp3) is 0.222. The number of halogens is 4. The van der Waals surface area contributed by atoms with Crippen LogP contribution in [0.4, 0.5) is 17.6 Å². The molecule has 0 fully saturated rings. The maximum atomic E-state index is 12.8. The number of hydrogen-bond acceptors (Lipinski definition) is 0. The normalized spacial score (nSPS) is 10.5. The predicted octanol–water partition coefficient (Wildman–Crippen LogP) is 3.01. The maximum Gasteiger partial charge on any atom is 0.197 e. The van der Waals surface area contributed by atoms with E-state index in [4.69, 9.17) is 0 Å². The van der Waals surface area contributed by atoms with E-state index in [1.807, 2.05) is 0 Å². The van der Waals surface area contributed by atoms with Crippen LogP contribution in [0.3, 0.4) is 0 Å². The minimum absolute atomic E-state index is 0.0833. The summed E-state index contributed by atoms with van der Waals surface area (Å²) in [7, 11) is 0. The molecule has 13 heavy (non-hydrogen) atoms. The van der Waals surface area contributed by atoms with Gasteiger partial charge in [-0.3, -0.25) is 0 Å². The van der Waals surface area contributed by atoms with Gasteiger partial charge in [0, 0.05) is 0 Å². The fourth-order valence-electron chi connectivity index (χ4n) is 0.994. The van der Waals surface area contributed by atoms with E-state index in [0.717, 1.165) is 0 Å². The van der Waals surface area contributed by atoms with Crippen LogP contribution in [0.15, 0.2) is 6.07 Å². The summed E-state index contributed by atoms with van der Waals surface area (Å²) in [6, 6.07) is 0.652. The Labute approximate surface area is 73.2 Å². The third-order valence-corrected chi connectivity index (χ3v) is 1.62. The first-order valence-electron chi connectivity index (χ1n) is 3.69. The predicted molar refractivity (Wildman–Crippen MR) is 40.0 cm³/mol. The second kappa shape index (κ2) is 3.77. The minimum Gasteiger partial charge on any atom is -0.204 e. The molecule has 0 nitrogen and oxygen atoms in total. The molecular formula is C9H7F4. The Balaban J connectivity index is 3.24. The lowest BCUT2D eigenvalue weighted by Gasteiger charge is -2.03. The highest BCUT2D eigenvalue weighted by Gasteiger charge is 2.17. The van der Waals surface area contributed by atoms with Crippen molar-refractivity contribution < 1.29 is 17.6 Å².